The molecular weight excluding hydrogens is 166 g/mol. The van der Waals surface area contributed by atoms with Gasteiger partial charge in [-0.25, -0.2) is 0 Å². The molecule has 4 heteroatoms. The van der Waals surface area contributed by atoms with Gasteiger partial charge in [0.15, 0.2) is 0 Å². The van der Waals surface area contributed by atoms with Crippen molar-refractivity contribution in [3.8, 4) is 0 Å². The largest absolute Gasteiger partial charge is 0.397 e. The maximum atomic E-state index is 10.5. The molecule has 0 aliphatic heterocycles. The number of hydrogen-bond acceptors (Lipinski definition) is 3. The Balaban J connectivity index is 2.81. The summed E-state index contributed by atoms with van der Waals surface area (Å²) in [6, 6.07) is 5.55. The van der Waals surface area contributed by atoms with Gasteiger partial charge < -0.3 is 16.8 Å². The third kappa shape index (κ3) is 2.37. The maximum Gasteiger partial charge on any atom is 0.236 e. The number of anilines is 2. The van der Waals surface area contributed by atoms with E-state index in [1.807, 2.05) is 19.1 Å². The van der Waals surface area contributed by atoms with Crippen molar-refractivity contribution in [3.05, 3.63) is 23.8 Å². The lowest BCUT2D eigenvalue weighted by atomic mass is 10.1. The molecule has 0 saturated carbocycles. The zero-order valence-corrected chi connectivity index (χ0v) is 7.50. The highest BCUT2D eigenvalue weighted by Gasteiger charge is 2.02. The Kier molecular flexibility index (Phi) is 2.74. The zero-order valence-electron chi connectivity index (χ0n) is 7.50. The van der Waals surface area contributed by atoms with Gasteiger partial charge >= 0.3 is 0 Å². The number of benzene rings is 1. The highest BCUT2D eigenvalue weighted by molar-refractivity contribution is 5.81. The number of aryl methyl sites for hydroxylation is 1. The highest BCUT2D eigenvalue weighted by atomic mass is 16.1. The van der Waals surface area contributed by atoms with Gasteiger partial charge in [-0.1, -0.05) is 12.1 Å². The molecule has 4 nitrogen and oxygen atoms in total. The molecule has 0 saturated heterocycles. The number of amides is 1. The van der Waals surface area contributed by atoms with Gasteiger partial charge in [0.1, 0.15) is 0 Å². The number of nitrogens with two attached hydrogens (primary N) is 2. The molecule has 5 N–H and O–H groups in total. The van der Waals surface area contributed by atoms with Crippen LogP contribution in [0.25, 0.3) is 0 Å². The molecule has 0 aliphatic rings. The van der Waals surface area contributed by atoms with E-state index in [0.717, 1.165) is 11.3 Å². The molecule has 1 aromatic carbocycles. The topological polar surface area (TPSA) is 81.1 Å². The van der Waals surface area contributed by atoms with Crippen LogP contribution in [0.5, 0.6) is 0 Å². The average Bonchev–Trinajstić information content (AvgIpc) is 2.03. The number of nitrogens with one attached hydrogen (secondary N) is 1. The minimum absolute atomic E-state index is 0.106. The molecule has 0 atom stereocenters. The third-order valence-electron chi connectivity index (χ3n) is 1.74. The summed E-state index contributed by atoms with van der Waals surface area (Å²) in [5, 5.41) is 2.88. The van der Waals surface area contributed by atoms with E-state index >= 15 is 0 Å². The van der Waals surface area contributed by atoms with Crippen LogP contribution in [-0.2, 0) is 4.79 Å². The first kappa shape index (κ1) is 9.38. The number of carbonyl (C=O) groups excluding carboxylic acids is 1. The van der Waals surface area contributed by atoms with Crippen LogP contribution in [0.2, 0.25) is 0 Å². The standard InChI is InChI=1S/C9H13N3O/c1-6-3-2-4-7(10)9(6)12-5-8(11)13/h2-4,12H,5,10H2,1H3,(H2,11,13). The van der Waals surface area contributed by atoms with Crippen LogP contribution in [-0.4, -0.2) is 12.5 Å². The molecule has 1 aromatic rings. The van der Waals surface area contributed by atoms with Gasteiger partial charge in [-0.05, 0) is 18.6 Å². The second-order valence-electron chi connectivity index (χ2n) is 2.86. The summed E-state index contributed by atoms with van der Waals surface area (Å²) in [5.74, 6) is -0.400. The van der Waals surface area contributed by atoms with Crippen LogP contribution in [0.3, 0.4) is 0 Å². The van der Waals surface area contributed by atoms with Crippen LogP contribution in [0, 0.1) is 6.92 Å². The average molecular weight is 179 g/mol. The molecule has 0 aromatic heterocycles. The van der Waals surface area contributed by atoms with Gasteiger partial charge in [-0.15, -0.1) is 0 Å². The van der Waals surface area contributed by atoms with E-state index in [2.05, 4.69) is 5.32 Å². The first-order chi connectivity index (χ1) is 6.11. The number of primary amides is 1. The van der Waals surface area contributed by atoms with E-state index in [-0.39, 0.29) is 6.54 Å². The molecule has 0 radical (unpaired) electrons. The third-order valence-corrected chi connectivity index (χ3v) is 1.74. The second-order valence-corrected chi connectivity index (χ2v) is 2.86. The van der Waals surface area contributed by atoms with Gasteiger partial charge in [0, 0.05) is 0 Å². The SMILES string of the molecule is Cc1cccc(N)c1NCC(N)=O. The molecule has 1 rings (SSSR count). The maximum absolute atomic E-state index is 10.5. The van der Waals surface area contributed by atoms with E-state index in [1.54, 1.807) is 6.07 Å². The van der Waals surface area contributed by atoms with Crippen molar-refractivity contribution in [1.82, 2.24) is 0 Å². The summed E-state index contributed by atoms with van der Waals surface area (Å²) in [5.41, 5.74) is 13.1. The summed E-state index contributed by atoms with van der Waals surface area (Å²) in [6.07, 6.45) is 0. The van der Waals surface area contributed by atoms with E-state index in [1.165, 1.54) is 0 Å². The fraction of sp³-hybridized carbons (Fsp3) is 0.222. The Hall–Kier alpha value is -1.71. The Morgan fingerprint density at radius 1 is 1.54 bits per heavy atom. The van der Waals surface area contributed by atoms with Crippen molar-refractivity contribution < 1.29 is 4.79 Å². The van der Waals surface area contributed by atoms with E-state index < -0.39 is 5.91 Å². The lowest BCUT2D eigenvalue weighted by molar-refractivity contribution is -0.116. The zero-order chi connectivity index (χ0) is 9.84. The molecule has 1 amide bonds. The predicted octanol–water partition coefficient (Wildman–Crippen LogP) is 0.474. The highest BCUT2D eigenvalue weighted by Crippen LogP contribution is 2.21. The fourth-order valence-electron chi connectivity index (χ4n) is 1.11. The first-order valence-corrected chi connectivity index (χ1v) is 3.98. The van der Waals surface area contributed by atoms with Crippen LogP contribution < -0.4 is 16.8 Å². The fourth-order valence-corrected chi connectivity index (χ4v) is 1.11. The van der Waals surface area contributed by atoms with Crippen LogP contribution in [0.15, 0.2) is 18.2 Å². The van der Waals surface area contributed by atoms with Gasteiger partial charge in [0.25, 0.3) is 0 Å². The van der Waals surface area contributed by atoms with E-state index in [9.17, 15) is 4.79 Å². The summed E-state index contributed by atoms with van der Waals surface area (Å²) in [7, 11) is 0. The molecule has 0 unspecified atom stereocenters. The predicted molar refractivity (Wildman–Crippen MR) is 53.3 cm³/mol. The van der Waals surface area contributed by atoms with Crippen molar-refractivity contribution >= 4 is 17.3 Å². The van der Waals surface area contributed by atoms with E-state index in [0.29, 0.717) is 5.69 Å². The van der Waals surface area contributed by atoms with Gasteiger partial charge in [0.05, 0.1) is 17.9 Å². The Morgan fingerprint density at radius 2 is 2.23 bits per heavy atom. The van der Waals surface area contributed by atoms with Gasteiger partial charge in [-0.2, -0.15) is 0 Å². The van der Waals surface area contributed by atoms with Crippen molar-refractivity contribution in [1.29, 1.82) is 0 Å². The number of nitrogen functional groups attached to an aromatic ring is 1. The Labute approximate surface area is 76.9 Å². The van der Waals surface area contributed by atoms with Crippen LogP contribution in [0.4, 0.5) is 11.4 Å². The van der Waals surface area contributed by atoms with Gasteiger partial charge in [0.2, 0.25) is 5.91 Å². The molecule has 0 heterocycles. The first-order valence-electron chi connectivity index (χ1n) is 3.98. The lowest BCUT2D eigenvalue weighted by Gasteiger charge is -2.10. The smallest absolute Gasteiger partial charge is 0.236 e. The normalized spacial score (nSPS) is 9.62. The van der Waals surface area contributed by atoms with Crippen molar-refractivity contribution in [2.75, 3.05) is 17.6 Å². The number of carbonyl (C=O) groups is 1. The summed E-state index contributed by atoms with van der Waals surface area (Å²) >= 11 is 0. The van der Waals surface area contributed by atoms with Gasteiger partial charge in [-0.3, -0.25) is 4.79 Å². The minimum atomic E-state index is -0.400. The van der Waals surface area contributed by atoms with Crippen LogP contribution >= 0.6 is 0 Å². The Bertz CT molecular complexity index is 302. The molecule has 70 valence electrons. The lowest BCUT2D eigenvalue weighted by Crippen LogP contribution is -2.22. The van der Waals surface area contributed by atoms with Crippen LogP contribution in [0.1, 0.15) is 5.56 Å². The molecule has 13 heavy (non-hydrogen) atoms. The molecular formula is C9H13N3O. The van der Waals surface area contributed by atoms with Crippen molar-refractivity contribution in [3.63, 3.8) is 0 Å². The molecule has 0 aliphatic carbocycles. The van der Waals surface area contributed by atoms with Crippen molar-refractivity contribution in [2.24, 2.45) is 5.73 Å². The number of hydrogen-bond donors (Lipinski definition) is 3. The summed E-state index contributed by atoms with van der Waals surface area (Å²) < 4.78 is 0. The summed E-state index contributed by atoms with van der Waals surface area (Å²) in [4.78, 5) is 10.5. The quantitative estimate of drug-likeness (QED) is 0.590. The van der Waals surface area contributed by atoms with E-state index in [4.69, 9.17) is 11.5 Å². The number of para-hydroxylation sites is 1. The summed E-state index contributed by atoms with van der Waals surface area (Å²) in [6.45, 7) is 2.02. The molecule has 0 fully saturated rings. The molecule has 0 spiro atoms. The van der Waals surface area contributed by atoms with Crippen molar-refractivity contribution in [2.45, 2.75) is 6.92 Å². The monoisotopic (exact) mass is 179 g/mol. The second kappa shape index (κ2) is 3.80. The Morgan fingerprint density at radius 3 is 2.77 bits per heavy atom. The number of rotatable bonds is 3. The molecule has 0 bridgehead atoms. The minimum Gasteiger partial charge on any atom is -0.397 e.